The summed E-state index contributed by atoms with van der Waals surface area (Å²) in [5.41, 5.74) is 1.19. The lowest BCUT2D eigenvalue weighted by Gasteiger charge is -2.23. The van der Waals surface area contributed by atoms with E-state index in [0.29, 0.717) is 22.6 Å². The molecule has 1 unspecified atom stereocenters. The summed E-state index contributed by atoms with van der Waals surface area (Å²) in [5, 5.41) is 11.3. The summed E-state index contributed by atoms with van der Waals surface area (Å²) in [4.78, 5) is 44.8. The second-order valence-corrected chi connectivity index (χ2v) is 8.59. The van der Waals surface area contributed by atoms with Crippen molar-refractivity contribution in [2.24, 2.45) is 0 Å². The predicted molar refractivity (Wildman–Crippen MR) is 132 cm³/mol. The zero-order valence-electron chi connectivity index (χ0n) is 19.1. The number of methoxy groups -OCH3 is 1. The number of thiazole rings is 1. The molecule has 0 aliphatic carbocycles. The third-order valence-corrected chi connectivity index (χ3v) is 6.55. The lowest BCUT2D eigenvalue weighted by Crippen LogP contribution is -2.29. The maximum Gasteiger partial charge on any atom is 0.350 e. The van der Waals surface area contributed by atoms with Gasteiger partial charge in [-0.15, -0.1) is 0 Å². The Labute approximate surface area is 205 Å². The molecule has 178 valence electrons. The Morgan fingerprint density at radius 2 is 1.94 bits per heavy atom. The maximum atomic E-state index is 13.3. The van der Waals surface area contributed by atoms with Gasteiger partial charge < -0.3 is 14.6 Å². The fourth-order valence-corrected chi connectivity index (χ4v) is 4.77. The van der Waals surface area contributed by atoms with Crippen molar-refractivity contribution in [2.45, 2.75) is 13.0 Å². The number of aryl methyl sites for hydroxylation is 1. The van der Waals surface area contributed by atoms with Crippen LogP contribution in [-0.4, -0.2) is 41.5 Å². The molecule has 35 heavy (non-hydrogen) atoms. The Bertz CT molecular complexity index is 1340. The molecule has 1 amide bonds. The summed E-state index contributed by atoms with van der Waals surface area (Å²) in [5.74, 6) is -2.13. The van der Waals surface area contributed by atoms with Crippen LogP contribution in [0.3, 0.4) is 0 Å². The molecule has 2 aromatic carbocycles. The van der Waals surface area contributed by atoms with Crippen LogP contribution in [0.25, 0.3) is 5.76 Å². The minimum absolute atomic E-state index is 0.0247. The monoisotopic (exact) mass is 490 g/mol. The molecule has 1 aromatic heterocycles. The van der Waals surface area contributed by atoms with Crippen molar-refractivity contribution in [2.75, 3.05) is 18.6 Å². The number of aliphatic hydroxyl groups excluding tert-OH is 1. The number of rotatable bonds is 7. The number of ketones is 1. The van der Waals surface area contributed by atoms with E-state index in [-0.39, 0.29) is 27.9 Å². The van der Waals surface area contributed by atoms with E-state index in [1.807, 2.05) is 0 Å². The number of carbonyl (C=O) groups is 3. The van der Waals surface area contributed by atoms with Gasteiger partial charge in [-0.1, -0.05) is 66.5 Å². The quantitative estimate of drug-likeness (QED) is 0.172. The molecular formula is C26H22N2O6S. The summed E-state index contributed by atoms with van der Waals surface area (Å²) < 4.78 is 10.5. The number of hydrogen-bond donors (Lipinski definition) is 1. The first-order valence-electron chi connectivity index (χ1n) is 10.6. The molecule has 8 nitrogen and oxygen atoms in total. The van der Waals surface area contributed by atoms with Crippen LogP contribution in [0, 0.1) is 6.92 Å². The van der Waals surface area contributed by atoms with Crippen molar-refractivity contribution in [3.05, 3.63) is 94.5 Å². The van der Waals surface area contributed by atoms with E-state index in [0.717, 1.165) is 11.3 Å². The minimum Gasteiger partial charge on any atom is -0.507 e. The molecule has 0 saturated carbocycles. The lowest BCUT2D eigenvalue weighted by molar-refractivity contribution is -0.132. The van der Waals surface area contributed by atoms with Crippen LogP contribution >= 0.6 is 11.3 Å². The van der Waals surface area contributed by atoms with E-state index in [9.17, 15) is 19.5 Å². The first-order valence-corrected chi connectivity index (χ1v) is 11.4. The van der Waals surface area contributed by atoms with E-state index in [4.69, 9.17) is 9.47 Å². The number of anilines is 1. The summed E-state index contributed by atoms with van der Waals surface area (Å²) in [6.45, 7) is 5.17. The number of nitrogens with zero attached hydrogens (tertiary/aromatic N) is 2. The molecule has 1 saturated heterocycles. The van der Waals surface area contributed by atoms with Gasteiger partial charge in [0.25, 0.3) is 5.78 Å². The molecular weight excluding hydrogens is 468 g/mol. The summed E-state index contributed by atoms with van der Waals surface area (Å²) >= 11 is 0.936. The molecule has 0 radical (unpaired) electrons. The maximum absolute atomic E-state index is 13.3. The largest absolute Gasteiger partial charge is 0.507 e. The highest BCUT2D eigenvalue weighted by Crippen LogP contribution is 2.44. The predicted octanol–water partition coefficient (Wildman–Crippen LogP) is 4.43. The van der Waals surface area contributed by atoms with Crippen LogP contribution in [0.1, 0.15) is 32.5 Å². The zero-order valence-corrected chi connectivity index (χ0v) is 19.9. The van der Waals surface area contributed by atoms with E-state index in [2.05, 4.69) is 11.6 Å². The third kappa shape index (κ3) is 4.45. The van der Waals surface area contributed by atoms with Crippen molar-refractivity contribution < 1.29 is 29.0 Å². The van der Waals surface area contributed by atoms with Crippen LogP contribution in [0.2, 0.25) is 0 Å². The van der Waals surface area contributed by atoms with Gasteiger partial charge in [0.15, 0.2) is 5.13 Å². The molecule has 0 bridgehead atoms. The molecule has 3 aromatic rings. The Kier molecular flexibility index (Phi) is 6.79. The molecule has 1 atom stereocenters. The van der Waals surface area contributed by atoms with Gasteiger partial charge in [0.05, 0.1) is 24.4 Å². The second kappa shape index (κ2) is 9.94. The SMILES string of the molecule is C=CCOC(=O)c1sc(N2C(=O)C(=O)/C(=C(/O)c3ccccc3)C2c2cccc(OC)c2)nc1C. The number of ether oxygens (including phenoxy) is 2. The van der Waals surface area contributed by atoms with Crippen LogP contribution in [0.5, 0.6) is 5.75 Å². The van der Waals surface area contributed by atoms with Crippen LogP contribution < -0.4 is 9.64 Å². The molecule has 1 aliphatic heterocycles. The van der Waals surface area contributed by atoms with Crippen molar-refractivity contribution in [1.82, 2.24) is 4.98 Å². The highest BCUT2D eigenvalue weighted by Gasteiger charge is 2.48. The standard InChI is InChI=1S/C26H22N2O6S/c1-4-13-34-25(32)23-15(2)27-26(35-23)28-20(17-11-8-12-18(14-17)33-3)19(22(30)24(28)31)21(29)16-9-6-5-7-10-16/h4-12,14,20,29H,1,13H2,2-3H3/b21-19+. The van der Waals surface area contributed by atoms with Gasteiger partial charge in [-0.3, -0.25) is 14.5 Å². The Hall–Kier alpha value is -4.24. The number of aliphatic hydroxyl groups is 1. The molecule has 4 rings (SSSR count). The molecule has 1 N–H and O–H groups in total. The van der Waals surface area contributed by atoms with Gasteiger partial charge in [0.2, 0.25) is 0 Å². The highest BCUT2D eigenvalue weighted by molar-refractivity contribution is 7.17. The van der Waals surface area contributed by atoms with E-state index < -0.39 is 23.7 Å². The zero-order chi connectivity index (χ0) is 25.1. The number of benzene rings is 2. The number of carbonyl (C=O) groups excluding carboxylic acids is 3. The third-order valence-electron chi connectivity index (χ3n) is 5.41. The van der Waals surface area contributed by atoms with Crippen molar-refractivity contribution in [3.63, 3.8) is 0 Å². The molecule has 9 heteroatoms. The topological polar surface area (TPSA) is 106 Å². The average molecular weight is 491 g/mol. The molecule has 0 spiro atoms. The lowest BCUT2D eigenvalue weighted by atomic mass is 9.95. The Morgan fingerprint density at radius 1 is 1.20 bits per heavy atom. The summed E-state index contributed by atoms with van der Waals surface area (Å²) in [6.07, 6.45) is 1.44. The normalized spacial score (nSPS) is 16.9. The molecule has 2 heterocycles. The first kappa shape index (κ1) is 23.9. The molecule has 1 fully saturated rings. The van der Waals surface area contributed by atoms with E-state index in [1.54, 1.807) is 61.5 Å². The van der Waals surface area contributed by atoms with Crippen LogP contribution in [-0.2, 0) is 14.3 Å². The smallest absolute Gasteiger partial charge is 0.350 e. The Balaban J connectivity index is 1.89. The number of Topliss-reactive ketones (excluding diaryl/α,β-unsaturated/α-hetero) is 1. The number of aromatic nitrogens is 1. The van der Waals surface area contributed by atoms with Crippen molar-refractivity contribution in [3.8, 4) is 5.75 Å². The summed E-state index contributed by atoms with van der Waals surface area (Å²) in [7, 11) is 1.51. The summed E-state index contributed by atoms with van der Waals surface area (Å²) in [6, 6.07) is 14.4. The fourth-order valence-electron chi connectivity index (χ4n) is 3.78. The van der Waals surface area contributed by atoms with Crippen molar-refractivity contribution >= 4 is 39.9 Å². The van der Waals surface area contributed by atoms with Gasteiger partial charge >= 0.3 is 11.9 Å². The van der Waals surface area contributed by atoms with Crippen LogP contribution in [0.15, 0.2) is 72.8 Å². The Morgan fingerprint density at radius 3 is 2.63 bits per heavy atom. The van der Waals surface area contributed by atoms with Gasteiger partial charge in [-0.05, 0) is 24.6 Å². The van der Waals surface area contributed by atoms with Gasteiger partial charge in [0, 0.05) is 5.56 Å². The van der Waals surface area contributed by atoms with Crippen LogP contribution in [0.4, 0.5) is 5.13 Å². The number of esters is 1. The van der Waals surface area contributed by atoms with E-state index in [1.165, 1.54) is 18.1 Å². The highest BCUT2D eigenvalue weighted by atomic mass is 32.1. The molecule has 1 aliphatic rings. The van der Waals surface area contributed by atoms with Gasteiger partial charge in [-0.2, -0.15) is 0 Å². The van der Waals surface area contributed by atoms with Crippen molar-refractivity contribution in [1.29, 1.82) is 0 Å². The van der Waals surface area contributed by atoms with E-state index >= 15 is 0 Å². The first-order chi connectivity index (χ1) is 16.9. The van der Waals surface area contributed by atoms with Gasteiger partial charge in [-0.25, -0.2) is 9.78 Å². The average Bonchev–Trinajstić information content (AvgIpc) is 3.39. The fraction of sp³-hybridized carbons (Fsp3) is 0.154. The second-order valence-electron chi connectivity index (χ2n) is 7.61. The number of hydrogen-bond acceptors (Lipinski definition) is 8. The minimum atomic E-state index is -0.993. The number of amides is 1. The van der Waals surface area contributed by atoms with Gasteiger partial charge in [0.1, 0.15) is 23.0 Å².